The van der Waals surface area contributed by atoms with E-state index >= 15 is 0 Å². The molecular weight excluding hydrogens is 302 g/mol. The number of ether oxygens (including phenoxy) is 1. The lowest BCUT2D eigenvalue weighted by Gasteiger charge is -2.37. The molecule has 2 fully saturated rings. The Morgan fingerprint density at radius 2 is 2.09 bits per heavy atom. The van der Waals surface area contributed by atoms with Gasteiger partial charge in [-0.25, -0.2) is 8.78 Å². The number of nitrogens with two attached hydrogens (primary N) is 1. The molecule has 0 aromatic heterocycles. The highest BCUT2D eigenvalue weighted by Gasteiger charge is 2.32. The summed E-state index contributed by atoms with van der Waals surface area (Å²) in [6, 6.07) is 3.84. The number of carbonyl (C=O) groups excluding carboxylic acids is 1. The predicted molar refractivity (Wildman–Crippen MR) is 81.6 cm³/mol. The van der Waals surface area contributed by atoms with Crippen molar-refractivity contribution in [1.29, 1.82) is 0 Å². The average Bonchev–Trinajstić information content (AvgIpc) is 2.57. The maximum Gasteiger partial charge on any atom is 0.225 e. The van der Waals surface area contributed by atoms with Gasteiger partial charge in [-0.05, 0) is 37.0 Å². The van der Waals surface area contributed by atoms with Crippen LogP contribution in [-0.2, 0) is 9.53 Å². The molecule has 1 amide bonds. The summed E-state index contributed by atoms with van der Waals surface area (Å²) in [7, 11) is 0. The lowest BCUT2D eigenvalue weighted by atomic mass is 9.85. The second kappa shape index (κ2) is 6.93. The molecule has 3 atom stereocenters. The van der Waals surface area contributed by atoms with Crippen molar-refractivity contribution in [3.05, 3.63) is 35.4 Å². The zero-order chi connectivity index (χ0) is 16.4. The van der Waals surface area contributed by atoms with Gasteiger partial charge in [-0.1, -0.05) is 12.5 Å². The molecule has 3 unspecified atom stereocenters. The molecule has 1 aromatic rings. The number of halogens is 2. The number of benzene rings is 1. The van der Waals surface area contributed by atoms with E-state index in [-0.39, 0.29) is 17.9 Å². The molecule has 6 heteroatoms. The summed E-state index contributed by atoms with van der Waals surface area (Å²) in [4.78, 5) is 14.5. The van der Waals surface area contributed by atoms with Crippen molar-refractivity contribution in [3.8, 4) is 0 Å². The molecule has 0 spiro atoms. The van der Waals surface area contributed by atoms with Crippen LogP contribution in [0.2, 0.25) is 0 Å². The first kappa shape index (κ1) is 16.3. The Kier molecular flexibility index (Phi) is 4.92. The smallest absolute Gasteiger partial charge is 0.225 e. The molecule has 1 aliphatic carbocycles. The fourth-order valence-electron chi connectivity index (χ4n) is 3.47. The lowest BCUT2D eigenvalue weighted by Crippen LogP contribution is -2.46. The van der Waals surface area contributed by atoms with E-state index in [1.54, 1.807) is 4.90 Å². The van der Waals surface area contributed by atoms with Crippen LogP contribution in [-0.4, -0.2) is 36.5 Å². The van der Waals surface area contributed by atoms with Crippen LogP contribution in [0.4, 0.5) is 8.78 Å². The molecule has 1 aliphatic heterocycles. The largest absolute Gasteiger partial charge is 0.370 e. The molecule has 3 rings (SSSR count). The monoisotopic (exact) mass is 324 g/mol. The molecule has 2 aliphatic rings. The summed E-state index contributed by atoms with van der Waals surface area (Å²) >= 11 is 0. The van der Waals surface area contributed by atoms with Crippen LogP contribution in [0.5, 0.6) is 0 Å². The van der Waals surface area contributed by atoms with Crippen LogP contribution < -0.4 is 5.73 Å². The number of amides is 1. The SMILES string of the molecule is NC1CCCC(C(=O)N2CCOC(c3ccc(F)c(F)c3)C2)C1. The third kappa shape index (κ3) is 3.70. The van der Waals surface area contributed by atoms with Crippen molar-refractivity contribution in [2.75, 3.05) is 19.7 Å². The van der Waals surface area contributed by atoms with Crippen LogP contribution in [0.3, 0.4) is 0 Å². The van der Waals surface area contributed by atoms with Crippen LogP contribution in [0, 0.1) is 17.6 Å². The summed E-state index contributed by atoms with van der Waals surface area (Å²) in [5, 5.41) is 0. The Morgan fingerprint density at radius 3 is 2.83 bits per heavy atom. The van der Waals surface area contributed by atoms with Gasteiger partial charge in [0.1, 0.15) is 6.10 Å². The van der Waals surface area contributed by atoms with E-state index in [9.17, 15) is 13.6 Å². The van der Waals surface area contributed by atoms with Crippen molar-refractivity contribution in [2.24, 2.45) is 11.7 Å². The van der Waals surface area contributed by atoms with Gasteiger partial charge in [0.2, 0.25) is 5.91 Å². The molecule has 1 aromatic carbocycles. The minimum Gasteiger partial charge on any atom is -0.370 e. The molecule has 23 heavy (non-hydrogen) atoms. The van der Waals surface area contributed by atoms with E-state index in [1.165, 1.54) is 6.07 Å². The second-order valence-electron chi connectivity index (χ2n) is 6.44. The van der Waals surface area contributed by atoms with Crippen molar-refractivity contribution in [2.45, 2.75) is 37.8 Å². The topological polar surface area (TPSA) is 55.6 Å². The molecule has 0 bridgehead atoms. The van der Waals surface area contributed by atoms with E-state index in [0.29, 0.717) is 25.3 Å². The zero-order valence-electron chi connectivity index (χ0n) is 13.0. The third-order valence-corrected chi connectivity index (χ3v) is 4.76. The van der Waals surface area contributed by atoms with E-state index < -0.39 is 17.7 Å². The van der Waals surface area contributed by atoms with Crippen LogP contribution in [0.25, 0.3) is 0 Å². The molecule has 2 N–H and O–H groups in total. The van der Waals surface area contributed by atoms with Gasteiger partial charge in [0.15, 0.2) is 11.6 Å². The van der Waals surface area contributed by atoms with Gasteiger partial charge in [0, 0.05) is 18.5 Å². The maximum absolute atomic E-state index is 13.4. The van der Waals surface area contributed by atoms with Crippen LogP contribution >= 0.6 is 0 Å². The van der Waals surface area contributed by atoms with Gasteiger partial charge in [-0.3, -0.25) is 4.79 Å². The van der Waals surface area contributed by atoms with Crippen molar-refractivity contribution in [3.63, 3.8) is 0 Å². The Balaban J connectivity index is 1.67. The molecule has 126 valence electrons. The Hall–Kier alpha value is -1.53. The van der Waals surface area contributed by atoms with Crippen molar-refractivity contribution >= 4 is 5.91 Å². The Labute approximate surface area is 134 Å². The zero-order valence-corrected chi connectivity index (χ0v) is 13.0. The summed E-state index contributed by atoms with van der Waals surface area (Å²) in [5.41, 5.74) is 6.53. The summed E-state index contributed by atoms with van der Waals surface area (Å²) in [6.07, 6.45) is 3.14. The first-order valence-electron chi connectivity index (χ1n) is 8.15. The van der Waals surface area contributed by atoms with E-state index in [0.717, 1.165) is 37.8 Å². The second-order valence-corrected chi connectivity index (χ2v) is 6.44. The van der Waals surface area contributed by atoms with Gasteiger partial charge in [0.05, 0.1) is 13.2 Å². The minimum absolute atomic E-state index is 0.0255. The number of nitrogens with zero attached hydrogens (tertiary/aromatic N) is 1. The third-order valence-electron chi connectivity index (χ3n) is 4.76. The summed E-state index contributed by atoms with van der Waals surface area (Å²) < 4.78 is 32.1. The highest BCUT2D eigenvalue weighted by Crippen LogP contribution is 2.28. The van der Waals surface area contributed by atoms with Gasteiger partial charge < -0.3 is 15.4 Å². The molecule has 1 saturated heterocycles. The molecule has 4 nitrogen and oxygen atoms in total. The first-order chi connectivity index (χ1) is 11.0. The number of hydrogen-bond donors (Lipinski definition) is 1. The van der Waals surface area contributed by atoms with Gasteiger partial charge in [-0.15, -0.1) is 0 Å². The maximum atomic E-state index is 13.4. The van der Waals surface area contributed by atoms with Gasteiger partial charge >= 0.3 is 0 Å². The Bertz CT molecular complexity index is 582. The number of morpholine rings is 1. The summed E-state index contributed by atoms with van der Waals surface area (Å²) in [6.45, 7) is 1.30. The molecular formula is C17H22F2N2O2. The standard InChI is InChI=1S/C17H22F2N2O2/c18-14-5-4-11(9-15(14)19)16-10-21(6-7-23-16)17(22)12-2-1-3-13(20)8-12/h4-5,9,12-13,16H,1-3,6-8,10,20H2. The first-order valence-corrected chi connectivity index (χ1v) is 8.15. The average molecular weight is 324 g/mol. The van der Waals surface area contributed by atoms with E-state index in [2.05, 4.69) is 0 Å². The highest BCUT2D eigenvalue weighted by molar-refractivity contribution is 5.79. The van der Waals surface area contributed by atoms with Crippen LogP contribution in [0.1, 0.15) is 37.4 Å². The molecule has 0 radical (unpaired) electrons. The number of carbonyl (C=O) groups is 1. The van der Waals surface area contributed by atoms with E-state index in [4.69, 9.17) is 10.5 Å². The van der Waals surface area contributed by atoms with Gasteiger partial charge in [0.25, 0.3) is 0 Å². The highest BCUT2D eigenvalue weighted by atomic mass is 19.2. The lowest BCUT2D eigenvalue weighted by molar-refractivity contribution is -0.144. The summed E-state index contributed by atoms with van der Waals surface area (Å²) in [5.74, 6) is -1.69. The normalized spacial score (nSPS) is 28.7. The number of rotatable bonds is 2. The number of hydrogen-bond acceptors (Lipinski definition) is 3. The predicted octanol–water partition coefficient (Wildman–Crippen LogP) is 2.38. The minimum atomic E-state index is -0.896. The molecule has 1 heterocycles. The van der Waals surface area contributed by atoms with Crippen molar-refractivity contribution in [1.82, 2.24) is 4.90 Å². The fraction of sp³-hybridized carbons (Fsp3) is 0.588. The Morgan fingerprint density at radius 1 is 1.26 bits per heavy atom. The molecule has 1 saturated carbocycles. The quantitative estimate of drug-likeness (QED) is 0.909. The van der Waals surface area contributed by atoms with Crippen LogP contribution in [0.15, 0.2) is 18.2 Å². The van der Waals surface area contributed by atoms with E-state index in [1.807, 2.05) is 0 Å². The fourth-order valence-corrected chi connectivity index (χ4v) is 3.47. The van der Waals surface area contributed by atoms with Gasteiger partial charge in [-0.2, -0.15) is 0 Å². The van der Waals surface area contributed by atoms with Crippen molar-refractivity contribution < 1.29 is 18.3 Å².